The Morgan fingerprint density at radius 1 is 1.27 bits per heavy atom. The van der Waals surface area contributed by atoms with Gasteiger partial charge in [-0.3, -0.25) is 4.79 Å². The molecule has 1 atom stereocenters. The van der Waals surface area contributed by atoms with Crippen LogP contribution >= 0.6 is 0 Å². The lowest BCUT2D eigenvalue weighted by atomic mass is 9.69. The van der Waals surface area contributed by atoms with E-state index in [1.165, 1.54) is 12.1 Å². The molecule has 3 rings (SSSR count). The molecule has 0 radical (unpaired) electrons. The number of carbonyl (C=O) groups excluding carboxylic acids is 1. The summed E-state index contributed by atoms with van der Waals surface area (Å²) in [6, 6.07) is 5.17. The lowest BCUT2D eigenvalue weighted by Gasteiger charge is -2.39. The van der Waals surface area contributed by atoms with E-state index < -0.39 is 23.2 Å². The first kappa shape index (κ1) is 19.2. The molecule has 7 heteroatoms. The van der Waals surface area contributed by atoms with Crippen LogP contribution in [-0.4, -0.2) is 38.3 Å². The van der Waals surface area contributed by atoms with Crippen molar-refractivity contribution in [3.63, 3.8) is 0 Å². The van der Waals surface area contributed by atoms with Gasteiger partial charge < -0.3 is 15.4 Å². The first-order valence-electron chi connectivity index (χ1n) is 9.17. The molecule has 2 fully saturated rings. The van der Waals surface area contributed by atoms with Crippen molar-refractivity contribution in [2.75, 3.05) is 26.3 Å². The third-order valence-electron chi connectivity index (χ3n) is 5.45. The van der Waals surface area contributed by atoms with Gasteiger partial charge in [0.25, 0.3) is 0 Å². The maximum Gasteiger partial charge on any atom is 0.416 e. The number of nitrogens with one attached hydrogen (secondary N) is 2. The highest BCUT2D eigenvalue weighted by Crippen LogP contribution is 2.41. The second-order valence-electron chi connectivity index (χ2n) is 7.22. The van der Waals surface area contributed by atoms with Crippen LogP contribution in [0.25, 0.3) is 0 Å². The molecule has 26 heavy (non-hydrogen) atoms. The molecule has 0 bridgehead atoms. The molecule has 1 heterocycles. The molecule has 1 aromatic rings. The van der Waals surface area contributed by atoms with Crippen molar-refractivity contribution < 1.29 is 22.7 Å². The van der Waals surface area contributed by atoms with Gasteiger partial charge in [-0.1, -0.05) is 37.5 Å². The van der Waals surface area contributed by atoms with E-state index in [-0.39, 0.29) is 5.91 Å². The molecule has 2 aliphatic rings. The number of benzene rings is 1. The molecule has 2 N–H and O–H groups in total. The minimum Gasteiger partial charge on any atom is -0.378 e. The van der Waals surface area contributed by atoms with Gasteiger partial charge in [0.05, 0.1) is 18.8 Å². The van der Waals surface area contributed by atoms with Crippen molar-refractivity contribution in [2.24, 2.45) is 0 Å². The van der Waals surface area contributed by atoms with Gasteiger partial charge in [0.2, 0.25) is 5.91 Å². The zero-order valence-corrected chi connectivity index (χ0v) is 14.7. The monoisotopic (exact) mass is 370 g/mol. The Bertz CT molecular complexity index is 621. The number of rotatable bonds is 4. The topological polar surface area (TPSA) is 50.4 Å². The average Bonchev–Trinajstić information content (AvgIpc) is 2.67. The molecule has 1 aliphatic carbocycles. The van der Waals surface area contributed by atoms with E-state index in [1.807, 2.05) is 0 Å². The number of hydrogen-bond acceptors (Lipinski definition) is 3. The summed E-state index contributed by atoms with van der Waals surface area (Å²) >= 11 is 0. The van der Waals surface area contributed by atoms with Crippen molar-refractivity contribution in [3.05, 3.63) is 35.4 Å². The first-order chi connectivity index (χ1) is 12.4. The quantitative estimate of drug-likeness (QED) is 0.857. The molecular formula is C19H25F3N2O2. The molecule has 1 amide bonds. The van der Waals surface area contributed by atoms with Gasteiger partial charge in [-0.15, -0.1) is 0 Å². The van der Waals surface area contributed by atoms with E-state index >= 15 is 0 Å². The van der Waals surface area contributed by atoms with Crippen molar-refractivity contribution in [3.8, 4) is 0 Å². The summed E-state index contributed by atoms with van der Waals surface area (Å²) in [6.45, 7) is 1.88. The van der Waals surface area contributed by atoms with Crippen molar-refractivity contribution in [2.45, 2.75) is 49.7 Å². The Morgan fingerprint density at radius 3 is 2.69 bits per heavy atom. The molecule has 0 aromatic heterocycles. The van der Waals surface area contributed by atoms with Crippen molar-refractivity contribution in [1.29, 1.82) is 0 Å². The third-order valence-corrected chi connectivity index (χ3v) is 5.45. The summed E-state index contributed by atoms with van der Waals surface area (Å²) in [7, 11) is 0. The van der Waals surface area contributed by atoms with E-state index in [9.17, 15) is 18.0 Å². The van der Waals surface area contributed by atoms with Gasteiger partial charge >= 0.3 is 6.18 Å². The largest absolute Gasteiger partial charge is 0.416 e. The van der Waals surface area contributed by atoms with Gasteiger partial charge in [0.15, 0.2) is 0 Å². The number of carbonyl (C=O) groups is 1. The molecule has 0 spiro atoms. The summed E-state index contributed by atoms with van der Waals surface area (Å²) in [5.74, 6) is -0.151. The van der Waals surface area contributed by atoms with E-state index in [0.29, 0.717) is 31.9 Å². The number of hydrogen-bond donors (Lipinski definition) is 2. The Morgan fingerprint density at radius 2 is 2.04 bits per heavy atom. The predicted molar refractivity (Wildman–Crippen MR) is 91.8 cm³/mol. The minimum atomic E-state index is -4.36. The molecule has 1 aliphatic heterocycles. The van der Waals surface area contributed by atoms with E-state index in [0.717, 1.165) is 38.2 Å². The molecule has 4 nitrogen and oxygen atoms in total. The fourth-order valence-corrected chi connectivity index (χ4v) is 3.93. The summed E-state index contributed by atoms with van der Waals surface area (Å²) in [5, 5.41) is 6.06. The van der Waals surface area contributed by atoms with Crippen molar-refractivity contribution >= 4 is 5.91 Å². The zero-order chi connectivity index (χ0) is 18.6. The molecule has 1 unspecified atom stereocenters. The van der Waals surface area contributed by atoms with E-state index in [4.69, 9.17) is 4.74 Å². The predicted octanol–water partition coefficient (Wildman–Crippen LogP) is 3.01. The van der Waals surface area contributed by atoms with E-state index in [2.05, 4.69) is 10.6 Å². The number of morpholine rings is 1. The van der Waals surface area contributed by atoms with Crippen LogP contribution in [0.1, 0.15) is 43.2 Å². The van der Waals surface area contributed by atoms with Crippen molar-refractivity contribution in [1.82, 2.24) is 10.6 Å². The summed E-state index contributed by atoms with van der Waals surface area (Å²) < 4.78 is 44.7. The van der Waals surface area contributed by atoms with Crippen LogP contribution in [0.15, 0.2) is 24.3 Å². The van der Waals surface area contributed by atoms with Crippen LogP contribution in [0, 0.1) is 0 Å². The van der Waals surface area contributed by atoms with Crippen LogP contribution in [0.5, 0.6) is 0 Å². The van der Waals surface area contributed by atoms with Crippen LogP contribution < -0.4 is 10.6 Å². The van der Waals surface area contributed by atoms with Gasteiger partial charge in [0, 0.05) is 18.5 Å². The highest BCUT2D eigenvalue weighted by molar-refractivity contribution is 5.82. The van der Waals surface area contributed by atoms with Gasteiger partial charge in [-0.25, -0.2) is 0 Å². The average molecular weight is 370 g/mol. The highest BCUT2D eigenvalue weighted by Gasteiger charge is 2.37. The van der Waals surface area contributed by atoms with Crippen LogP contribution in [0.3, 0.4) is 0 Å². The number of halogens is 3. The smallest absolute Gasteiger partial charge is 0.378 e. The minimum absolute atomic E-state index is 0.151. The molecular weight excluding hydrogens is 345 g/mol. The zero-order valence-electron chi connectivity index (χ0n) is 14.7. The van der Waals surface area contributed by atoms with Gasteiger partial charge in [-0.2, -0.15) is 13.2 Å². The fraction of sp³-hybridized carbons (Fsp3) is 0.632. The SMILES string of the molecule is O=C(NCC1(c2cccc(C(F)(F)F)c2)CCCCC1)C1COCCN1. The Hall–Kier alpha value is -1.60. The normalized spacial score (nSPS) is 23.4. The number of amides is 1. The summed E-state index contributed by atoms with van der Waals surface area (Å²) in [6.07, 6.45) is 0.186. The number of ether oxygens (including phenoxy) is 1. The Kier molecular flexibility index (Phi) is 5.87. The third kappa shape index (κ3) is 4.38. The second-order valence-corrected chi connectivity index (χ2v) is 7.22. The standard InChI is InChI=1S/C19H25F3N2O2/c20-19(21,22)15-6-4-5-14(11-15)18(7-2-1-3-8-18)13-24-17(25)16-12-26-10-9-23-16/h4-6,11,16,23H,1-3,7-10,12-13H2,(H,24,25). The van der Waals surface area contributed by atoms with Gasteiger partial charge in [-0.05, 0) is 24.5 Å². The lowest BCUT2D eigenvalue weighted by molar-refractivity contribution is -0.137. The fourth-order valence-electron chi connectivity index (χ4n) is 3.93. The Balaban J connectivity index is 1.77. The molecule has 1 saturated heterocycles. The van der Waals surface area contributed by atoms with Crippen LogP contribution in [0.4, 0.5) is 13.2 Å². The van der Waals surface area contributed by atoms with Gasteiger partial charge in [0.1, 0.15) is 6.04 Å². The van der Waals surface area contributed by atoms with E-state index in [1.54, 1.807) is 6.07 Å². The first-order valence-corrected chi connectivity index (χ1v) is 9.17. The summed E-state index contributed by atoms with van der Waals surface area (Å²) in [4.78, 5) is 12.4. The molecule has 1 saturated carbocycles. The highest BCUT2D eigenvalue weighted by atomic mass is 19.4. The summed E-state index contributed by atoms with van der Waals surface area (Å²) in [5.41, 5.74) is -0.404. The maximum atomic E-state index is 13.1. The lowest BCUT2D eigenvalue weighted by Crippen LogP contribution is -2.53. The Labute approximate surface area is 151 Å². The molecule has 144 valence electrons. The van der Waals surface area contributed by atoms with Crippen LogP contribution in [-0.2, 0) is 21.1 Å². The second kappa shape index (κ2) is 7.96. The number of alkyl halides is 3. The molecule has 1 aromatic carbocycles. The van der Waals surface area contributed by atoms with Crippen LogP contribution in [0.2, 0.25) is 0 Å². The maximum absolute atomic E-state index is 13.1.